The zero-order valence-electron chi connectivity index (χ0n) is 12.8. The minimum Gasteiger partial charge on any atom is -0.496 e. The van der Waals surface area contributed by atoms with E-state index in [-0.39, 0.29) is 22.8 Å². The highest BCUT2D eigenvalue weighted by Crippen LogP contribution is 2.23. The highest BCUT2D eigenvalue weighted by atomic mass is 32.2. The lowest BCUT2D eigenvalue weighted by Gasteiger charge is -2.11. The van der Waals surface area contributed by atoms with Crippen molar-refractivity contribution in [3.05, 3.63) is 59.7 Å². The third kappa shape index (κ3) is 4.08. The molecule has 0 radical (unpaired) electrons. The van der Waals surface area contributed by atoms with Gasteiger partial charge in [0.05, 0.1) is 19.1 Å². The highest BCUT2D eigenvalue weighted by Gasteiger charge is 2.19. The second kappa shape index (κ2) is 7.26. The number of carbonyl (C=O) groups is 1. The molecule has 0 bridgehead atoms. The van der Waals surface area contributed by atoms with Gasteiger partial charge in [0.25, 0.3) is 0 Å². The van der Waals surface area contributed by atoms with Crippen LogP contribution in [0.1, 0.15) is 15.9 Å². The van der Waals surface area contributed by atoms with Crippen LogP contribution in [-0.2, 0) is 21.3 Å². The predicted molar refractivity (Wildman–Crippen MR) is 84.8 cm³/mol. The Morgan fingerprint density at radius 3 is 2.39 bits per heavy atom. The first-order valence-corrected chi connectivity index (χ1v) is 8.26. The van der Waals surface area contributed by atoms with Crippen molar-refractivity contribution < 1.29 is 22.7 Å². The van der Waals surface area contributed by atoms with Crippen LogP contribution in [0.25, 0.3) is 0 Å². The van der Waals surface area contributed by atoms with Gasteiger partial charge in [0.2, 0.25) is 10.0 Å². The van der Waals surface area contributed by atoms with Gasteiger partial charge in [-0.2, -0.15) is 0 Å². The maximum atomic E-state index is 12.3. The first kappa shape index (κ1) is 17.0. The van der Waals surface area contributed by atoms with Gasteiger partial charge >= 0.3 is 5.97 Å². The Morgan fingerprint density at radius 2 is 1.78 bits per heavy atom. The standard InChI is InChI=1S/C16H17NO5S/c1-21-15-10-13(8-9-14(15)16(18)22-2)23(19,20)17-11-12-6-4-3-5-7-12/h3-10,17H,11H2,1-2H3. The molecule has 6 nitrogen and oxygen atoms in total. The van der Waals surface area contributed by atoms with Crippen molar-refractivity contribution in [1.29, 1.82) is 0 Å². The fourth-order valence-electron chi connectivity index (χ4n) is 1.97. The number of methoxy groups -OCH3 is 2. The number of ether oxygens (including phenoxy) is 2. The van der Waals surface area contributed by atoms with Crippen molar-refractivity contribution in [2.24, 2.45) is 0 Å². The minimum atomic E-state index is -3.72. The van der Waals surface area contributed by atoms with Gasteiger partial charge < -0.3 is 9.47 Å². The van der Waals surface area contributed by atoms with Gasteiger partial charge in [-0.25, -0.2) is 17.9 Å². The second-order valence-electron chi connectivity index (χ2n) is 4.66. The van der Waals surface area contributed by atoms with Crippen LogP contribution in [0.4, 0.5) is 0 Å². The summed E-state index contributed by atoms with van der Waals surface area (Å²) in [7, 11) is -1.12. The summed E-state index contributed by atoms with van der Waals surface area (Å²) >= 11 is 0. The van der Waals surface area contributed by atoms with E-state index in [0.717, 1.165) is 5.56 Å². The molecule has 0 amide bonds. The van der Waals surface area contributed by atoms with Gasteiger partial charge in [-0.05, 0) is 17.7 Å². The Morgan fingerprint density at radius 1 is 1.09 bits per heavy atom. The van der Waals surface area contributed by atoms with Crippen molar-refractivity contribution in [2.45, 2.75) is 11.4 Å². The van der Waals surface area contributed by atoms with E-state index < -0.39 is 16.0 Å². The molecule has 0 saturated heterocycles. The Labute approximate surface area is 135 Å². The van der Waals surface area contributed by atoms with Crippen LogP contribution in [0.5, 0.6) is 5.75 Å². The first-order valence-electron chi connectivity index (χ1n) is 6.78. The molecular weight excluding hydrogens is 318 g/mol. The SMILES string of the molecule is COC(=O)c1ccc(S(=O)(=O)NCc2ccccc2)cc1OC. The van der Waals surface area contributed by atoms with E-state index in [1.807, 2.05) is 30.3 Å². The molecule has 23 heavy (non-hydrogen) atoms. The molecule has 0 atom stereocenters. The maximum absolute atomic E-state index is 12.3. The summed E-state index contributed by atoms with van der Waals surface area (Å²) in [5.74, 6) is -0.456. The Bertz CT molecular complexity index is 787. The number of hydrogen-bond donors (Lipinski definition) is 1. The lowest BCUT2D eigenvalue weighted by molar-refractivity contribution is 0.0597. The number of nitrogens with one attached hydrogen (secondary N) is 1. The van der Waals surface area contributed by atoms with Gasteiger partial charge in [0.15, 0.2) is 0 Å². The summed E-state index contributed by atoms with van der Waals surface area (Å²) in [6.07, 6.45) is 0. The molecule has 7 heteroatoms. The van der Waals surface area contributed by atoms with E-state index in [0.29, 0.717) is 0 Å². The third-order valence-corrected chi connectivity index (χ3v) is 4.60. The maximum Gasteiger partial charge on any atom is 0.341 e. The van der Waals surface area contributed by atoms with E-state index >= 15 is 0 Å². The lowest BCUT2D eigenvalue weighted by Crippen LogP contribution is -2.23. The number of esters is 1. The molecular formula is C16H17NO5S. The summed E-state index contributed by atoms with van der Waals surface area (Å²) in [4.78, 5) is 11.6. The Kier molecular flexibility index (Phi) is 5.36. The predicted octanol–water partition coefficient (Wildman–Crippen LogP) is 1.96. The fourth-order valence-corrected chi connectivity index (χ4v) is 3.01. The summed E-state index contributed by atoms with van der Waals surface area (Å²) < 4.78 is 36.9. The highest BCUT2D eigenvalue weighted by molar-refractivity contribution is 7.89. The van der Waals surface area contributed by atoms with E-state index in [2.05, 4.69) is 9.46 Å². The number of carbonyl (C=O) groups excluding carboxylic acids is 1. The van der Waals surface area contributed by atoms with E-state index in [1.54, 1.807) is 0 Å². The van der Waals surface area contributed by atoms with Crippen LogP contribution in [0, 0.1) is 0 Å². The zero-order valence-corrected chi connectivity index (χ0v) is 13.6. The Balaban J connectivity index is 2.24. The summed E-state index contributed by atoms with van der Waals surface area (Å²) in [5.41, 5.74) is 1.01. The monoisotopic (exact) mass is 335 g/mol. The van der Waals surface area contributed by atoms with Crippen molar-refractivity contribution in [2.75, 3.05) is 14.2 Å². The summed E-state index contributed by atoms with van der Waals surface area (Å²) in [6, 6.07) is 13.2. The van der Waals surface area contributed by atoms with Gasteiger partial charge in [-0.3, -0.25) is 0 Å². The molecule has 0 aliphatic carbocycles. The Hall–Kier alpha value is -2.38. The molecule has 0 unspecified atom stereocenters. The number of rotatable bonds is 6. The van der Waals surface area contributed by atoms with Crippen molar-refractivity contribution in [3.8, 4) is 5.75 Å². The third-order valence-electron chi connectivity index (χ3n) is 3.20. The molecule has 1 N–H and O–H groups in total. The fraction of sp³-hybridized carbons (Fsp3) is 0.188. The largest absolute Gasteiger partial charge is 0.496 e. The van der Waals surface area contributed by atoms with Gasteiger partial charge in [-0.15, -0.1) is 0 Å². The summed E-state index contributed by atoms with van der Waals surface area (Å²) in [5, 5.41) is 0. The normalized spacial score (nSPS) is 11.0. The molecule has 0 spiro atoms. The average molecular weight is 335 g/mol. The van der Waals surface area contributed by atoms with E-state index in [1.165, 1.54) is 32.4 Å². The number of benzene rings is 2. The first-order chi connectivity index (χ1) is 11.0. The van der Waals surface area contributed by atoms with Crippen LogP contribution in [0.15, 0.2) is 53.4 Å². The molecule has 2 aromatic rings. The van der Waals surface area contributed by atoms with Crippen LogP contribution >= 0.6 is 0 Å². The van der Waals surface area contributed by atoms with Gasteiger partial charge in [-0.1, -0.05) is 30.3 Å². The van der Waals surface area contributed by atoms with Crippen LogP contribution in [-0.4, -0.2) is 28.6 Å². The lowest BCUT2D eigenvalue weighted by atomic mass is 10.2. The molecule has 2 rings (SSSR count). The van der Waals surface area contributed by atoms with Crippen molar-refractivity contribution in [3.63, 3.8) is 0 Å². The molecule has 0 aliphatic heterocycles. The molecule has 2 aromatic carbocycles. The van der Waals surface area contributed by atoms with Crippen LogP contribution < -0.4 is 9.46 Å². The number of sulfonamides is 1. The number of hydrogen-bond acceptors (Lipinski definition) is 5. The van der Waals surface area contributed by atoms with Gasteiger partial charge in [0.1, 0.15) is 11.3 Å². The van der Waals surface area contributed by atoms with Crippen LogP contribution in [0.3, 0.4) is 0 Å². The van der Waals surface area contributed by atoms with Gasteiger partial charge in [0, 0.05) is 12.6 Å². The zero-order chi connectivity index (χ0) is 16.9. The van der Waals surface area contributed by atoms with Crippen molar-refractivity contribution in [1.82, 2.24) is 4.72 Å². The molecule has 0 fully saturated rings. The summed E-state index contributed by atoms with van der Waals surface area (Å²) in [6.45, 7) is 0.171. The van der Waals surface area contributed by atoms with Crippen molar-refractivity contribution >= 4 is 16.0 Å². The molecule has 0 aromatic heterocycles. The smallest absolute Gasteiger partial charge is 0.341 e. The molecule has 122 valence electrons. The quantitative estimate of drug-likeness (QED) is 0.816. The topological polar surface area (TPSA) is 81.7 Å². The van der Waals surface area contributed by atoms with E-state index in [4.69, 9.17) is 4.74 Å². The van der Waals surface area contributed by atoms with E-state index in [9.17, 15) is 13.2 Å². The second-order valence-corrected chi connectivity index (χ2v) is 6.43. The molecule has 0 aliphatic rings. The minimum absolute atomic E-state index is 0.0120. The van der Waals surface area contributed by atoms with Crippen LogP contribution in [0.2, 0.25) is 0 Å². The molecule has 0 saturated carbocycles. The molecule has 0 heterocycles. The average Bonchev–Trinajstić information content (AvgIpc) is 2.59.